The molecule has 0 unspecified atom stereocenters. The Kier molecular flexibility index (Phi) is 11.2. The zero-order chi connectivity index (χ0) is 29.4. The number of carbonyl (C=O) groups excluding carboxylic acids is 2. The number of rotatable bonds is 12. The number of hydrogen-bond acceptors (Lipinski definition) is 4. The van der Waals surface area contributed by atoms with Crippen molar-refractivity contribution in [3.63, 3.8) is 0 Å². The normalized spacial score (nSPS) is 12.2. The molecule has 40 heavy (non-hydrogen) atoms. The minimum absolute atomic E-state index is 0.108. The van der Waals surface area contributed by atoms with Gasteiger partial charge in [-0.3, -0.25) is 13.9 Å². The summed E-state index contributed by atoms with van der Waals surface area (Å²) in [5.41, 5.74) is 2.64. The third-order valence-corrected chi connectivity index (χ3v) is 8.17. The van der Waals surface area contributed by atoms with Gasteiger partial charge in [0.1, 0.15) is 12.6 Å². The summed E-state index contributed by atoms with van der Waals surface area (Å²) in [7, 11) is -3.87. The molecule has 0 spiro atoms. The Morgan fingerprint density at radius 2 is 1.65 bits per heavy atom. The fourth-order valence-corrected chi connectivity index (χ4v) is 5.77. The Morgan fingerprint density at radius 3 is 2.27 bits per heavy atom. The van der Waals surface area contributed by atoms with Crippen molar-refractivity contribution in [1.82, 2.24) is 10.2 Å². The van der Waals surface area contributed by atoms with Crippen LogP contribution in [0.2, 0.25) is 5.02 Å². The van der Waals surface area contributed by atoms with Gasteiger partial charge in [-0.1, -0.05) is 89.9 Å². The first-order valence-corrected chi connectivity index (χ1v) is 16.0. The standard InChI is InChI=1S/C30H35BrClN3O4S/c1-21(2)18-33-30(37)28(16-23-9-6-5-7-10-23)34(19-24-11-8-12-25(31)15-24)29(36)20-35(40(4,38)39)27-17-26(32)14-13-22(27)3/h5-15,17,21,28H,16,18-20H2,1-4H3,(H,33,37)/t28-/m0/s1. The molecule has 0 bridgehead atoms. The lowest BCUT2D eigenvalue weighted by Crippen LogP contribution is -2.53. The van der Waals surface area contributed by atoms with Crippen LogP contribution in [0, 0.1) is 12.8 Å². The highest BCUT2D eigenvalue weighted by Gasteiger charge is 2.33. The molecule has 10 heteroatoms. The van der Waals surface area contributed by atoms with Crippen molar-refractivity contribution < 1.29 is 18.0 Å². The van der Waals surface area contributed by atoms with Crippen LogP contribution >= 0.6 is 27.5 Å². The Morgan fingerprint density at radius 1 is 0.975 bits per heavy atom. The summed E-state index contributed by atoms with van der Waals surface area (Å²) in [5, 5.41) is 3.33. The van der Waals surface area contributed by atoms with Crippen LogP contribution in [0.3, 0.4) is 0 Å². The average Bonchev–Trinajstić information content (AvgIpc) is 2.89. The number of hydrogen-bond donors (Lipinski definition) is 1. The number of aryl methyl sites for hydroxylation is 1. The van der Waals surface area contributed by atoms with Gasteiger partial charge in [-0.25, -0.2) is 8.42 Å². The van der Waals surface area contributed by atoms with Crippen molar-refractivity contribution in [3.05, 3.63) is 99.0 Å². The molecule has 0 heterocycles. The lowest BCUT2D eigenvalue weighted by atomic mass is 10.0. The van der Waals surface area contributed by atoms with Crippen molar-refractivity contribution in [1.29, 1.82) is 0 Å². The second-order valence-corrected chi connectivity index (χ2v) is 13.5. The quantitative estimate of drug-likeness (QED) is 0.278. The van der Waals surface area contributed by atoms with Gasteiger partial charge < -0.3 is 10.2 Å². The number of benzene rings is 3. The highest BCUT2D eigenvalue weighted by atomic mass is 79.9. The largest absolute Gasteiger partial charge is 0.354 e. The van der Waals surface area contributed by atoms with E-state index in [0.717, 1.165) is 26.2 Å². The molecule has 0 saturated heterocycles. The number of nitrogens with one attached hydrogen (secondary N) is 1. The van der Waals surface area contributed by atoms with E-state index in [0.29, 0.717) is 22.8 Å². The summed E-state index contributed by atoms with van der Waals surface area (Å²) in [6.45, 7) is 5.81. The van der Waals surface area contributed by atoms with Crippen molar-refractivity contribution >= 4 is 55.1 Å². The zero-order valence-electron chi connectivity index (χ0n) is 23.1. The van der Waals surface area contributed by atoms with Crippen LogP contribution in [0.25, 0.3) is 0 Å². The highest BCUT2D eigenvalue weighted by molar-refractivity contribution is 9.10. The maximum Gasteiger partial charge on any atom is 0.244 e. The Labute approximate surface area is 250 Å². The summed E-state index contributed by atoms with van der Waals surface area (Å²) >= 11 is 9.68. The summed E-state index contributed by atoms with van der Waals surface area (Å²) in [6, 6.07) is 20.9. The minimum Gasteiger partial charge on any atom is -0.354 e. The molecule has 0 aliphatic carbocycles. The van der Waals surface area contributed by atoms with Gasteiger partial charge in [0.15, 0.2) is 0 Å². The van der Waals surface area contributed by atoms with Crippen molar-refractivity contribution in [2.45, 2.75) is 39.8 Å². The van der Waals surface area contributed by atoms with Crippen LogP contribution in [-0.4, -0.2) is 50.5 Å². The molecule has 3 rings (SSSR count). The third kappa shape index (κ3) is 9.08. The van der Waals surface area contributed by atoms with E-state index in [1.54, 1.807) is 19.1 Å². The van der Waals surface area contributed by atoms with E-state index >= 15 is 0 Å². The van der Waals surface area contributed by atoms with Crippen LogP contribution in [0.5, 0.6) is 0 Å². The Balaban J connectivity index is 2.07. The zero-order valence-corrected chi connectivity index (χ0v) is 26.3. The number of anilines is 1. The number of nitrogens with zero attached hydrogens (tertiary/aromatic N) is 2. The molecular formula is C30H35BrClN3O4S. The number of amides is 2. The molecule has 0 saturated carbocycles. The van der Waals surface area contributed by atoms with Gasteiger partial charge >= 0.3 is 0 Å². The van der Waals surface area contributed by atoms with E-state index in [-0.39, 0.29) is 24.8 Å². The topological polar surface area (TPSA) is 86.8 Å². The highest BCUT2D eigenvalue weighted by Crippen LogP contribution is 2.27. The van der Waals surface area contributed by atoms with Crippen LogP contribution in [0.1, 0.15) is 30.5 Å². The molecule has 0 radical (unpaired) electrons. The molecule has 2 amide bonds. The third-order valence-electron chi connectivity index (χ3n) is 6.32. The smallest absolute Gasteiger partial charge is 0.244 e. The van der Waals surface area contributed by atoms with Crippen LogP contribution in [-0.2, 0) is 32.6 Å². The van der Waals surface area contributed by atoms with Gasteiger partial charge in [0.25, 0.3) is 0 Å². The number of sulfonamides is 1. The summed E-state index contributed by atoms with van der Waals surface area (Å²) in [6.07, 6.45) is 1.32. The maximum absolute atomic E-state index is 14.1. The monoisotopic (exact) mass is 647 g/mol. The molecular weight excluding hydrogens is 614 g/mol. The second-order valence-electron chi connectivity index (χ2n) is 10.2. The summed E-state index contributed by atoms with van der Waals surface area (Å²) in [4.78, 5) is 29.2. The molecule has 214 valence electrons. The van der Waals surface area contributed by atoms with Crippen molar-refractivity contribution in [3.8, 4) is 0 Å². The molecule has 3 aromatic rings. The minimum atomic E-state index is -3.87. The first-order chi connectivity index (χ1) is 18.8. The number of carbonyl (C=O) groups is 2. The predicted octanol–water partition coefficient (Wildman–Crippen LogP) is 5.59. The van der Waals surface area contributed by atoms with Crippen LogP contribution < -0.4 is 9.62 Å². The fraction of sp³-hybridized carbons (Fsp3) is 0.333. The lowest BCUT2D eigenvalue weighted by molar-refractivity contribution is -0.140. The predicted molar refractivity (Wildman–Crippen MR) is 165 cm³/mol. The molecule has 1 N–H and O–H groups in total. The molecule has 0 aliphatic rings. The van der Waals surface area contributed by atoms with E-state index in [9.17, 15) is 18.0 Å². The van der Waals surface area contributed by atoms with E-state index in [4.69, 9.17) is 11.6 Å². The van der Waals surface area contributed by atoms with Gasteiger partial charge in [0.05, 0.1) is 11.9 Å². The Bertz CT molecular complexity index is 1430. The van der Waals surface area contributed by atoms with Crippen molar-refractivity contribution in [2.24, 2.45) is 5.92 Å². The van der Waals surface area contributed by atoms with Crippen molar-refractivity contribution in [2.75, 3.05) is 23.7 Å². The Hall–Kier alpha value is -2.88. The first-order valence-electron chi connectivity index (χ1n) is 12.9. The molecule has 0 aliphatic heterocycles. The fourth-order valence-electron chi connectivity index (χ4n) is 4.25. The molecule has 1 atom stereocenters. The second kappa shape index (κ2) is 14.1. The van der Waals surface area contributed by atoms with E-state index in [1.807, 2.05) is 68.4 Å². The summed E-state index contributed by atoms with van der Waals surface area (Å²) < 4.78 is 27.8. The molecule has 7 nitrogen and oxygen atoms in total. The van der Waals surface area contributed by atoms with Gasteiger partial charge in [-0.15, -0.1) is 0 Å². The van der Waals surface area contributed by atoms with E-state index in [2.05, 4.69) is 21.2 Å². The molecule has 0 fully saturated rings. The maximum atomic E-state index is 14.1. The molecule has 0 aromatic heterocycles. The van der Waals surface area contributed by atoms with Gasteiger partial charge in [0.2, 0.25) is 21.8 Å². The SMILES string of the molecule is Cc1ccc(Cl)cc1N(CC(=O)N(Cc1cccc(Br)c1)[C@@H](Cc1ccccc1)C(=O)NCC(C)C)S(C)(=O)=O. The van der Waals surface area contributed by atoms with E-state index < -0.39 is 28.5 Å². The number of halogens is 2. The van der Waals surface area contributed by atoms with E-state index in [1.165, 1.54) is 11.0 Å². The lowest BCUT2D eigenvalue weighted by Gasteiger charge is -2.34. The molecule has 3 aromatic carbocycles. The summed E-state index contributed by atoms with van der Waals surface area (Å²) in [5.74, 6) is -0.599. The van der Waals surface area contributed by atoms with Crippen LogP contribution in [0.4, 0.5) is 5.69 Å². The van der Waals surface area contributed by atoms with Crippen LogP contribution in [0.15, 0.2) is 77.3 Å². The van der Waals surface area contributed by atoms with Gasteiger partial charge in [-0.05, 0) is 53.8 Å². The van der Waals surface area contributed by atoms with Gasteiger partial charge in [0, 0.05) is 29.0 Å². The average molecular weight is 649 g/mol. The van der Waals surface area contributed by atoms with Gasteiger partial charge in [-0.2, -0.15) is 0 Å². The first kappa shape index (κ1) is 31.6.